The highest BCUT2D eigenvalue weighted by Gasteiger charge is 2.32. The van der Waals surface area contributed by atoms with Gasteiger partial charge in [0.05, 0.1) is 17.5 Å². The third-order valence-electron chi connectivity index (χ3n) is 5.86. The van der Waals surface area contributed by atoms with Gasteiger partial charge in [-0.25, -0.2) is 0 Å². The van der Waals surface area contributed by atoms with Gasteiger partial charge >= 0.3 is 0 Å². The normalized spacial score (nSPS) is 15.8. The van der Waals surface area contributed by atoms with Crippen molar-refractivity contribution in [2.45, 2.75) is 31.5 Å². The second kappa shape index (κ2) is 12.3. The van der Waals surface area contributed by atoms with E-state index in [1.165, 1.54) is 16.2 Å². The van der Waals surface area contributed by atoms with E-state index in [-0.39, 0.29) is 36.9 Å². The van der Waals surface area contributed by atoms with Crippen molar-refractivity contribution in [2.24, 2.45) is 0 Å². The van der Waals surface area contributed by atoms with Gasteiger partial charge in [0.1, 0.15) is 6.04 Å². The van der Waals surface area contributed by atoms with Gasteiger partial charge in [-0.3, -0.25) is 14.4 Å². The topological polar surface area (TPSA) is 87.7 Å². The Morgan fingerprint density at radius 3 is 2.37 bits per heavy atom. The first-order valence-electron chi connectivity index (χ1n) is 11.7. The summed E-state index contributed by atoms with van der Waals surface area (Å²) in [7, 11) is 0. The van der Waals surface area contributed by atoms with E-state index in [1.54, 1.807) is 12.1 Å². The van der Waals surface area contributed by atoms with Crippen molar-refractivity contribution in [3.05, 3.63) is 94.2 Å². The quantitative estimate of drug-likeness (QED) is 0.454. The van der Waals surface area contributed by atoms with Crippen LogP contribution in [0, 0.1) is 0 Å². The number of thiophene rings is 1. The second-order valence-corrected chi connectivity index (χ2v) is 9.31. The van der Waals surface area contributed by atoms with Crippen LogP contribution in [-0.4, -0.2) is 48.4 Å². The molecule has 182 valence electrons. The minimum Gasteiger partial charge on any atom is -0.376 e. The lowest BCUT2D eigenvalue weighted by atomic mass is 10.0. The summed E-state index contributed by atoms with van der Waals surface area (Å²) in [6.07, 6.45) is 1.86. The van der Waals surface area contributed by atoms with Gasteiger partial charge in [-0.05, 0) is 35.4 Å². The monoisotopic (exact) mass is 491 g/mol. The highest BCUT2D eigenvalue weighted by molar-refractivity contribution is 7.12. The fraction of sp³-hybridized carbons (Fsp3) is 0.296. The smallest absolute Gasteiger partial charge is 0.261 e. The van der Waals surface area contributed by atoms with Crippen molar-refractivity contribution in [1.29, 1.82) is 0 Å². The van der Waals surface area contributed by atoms with Crippen molar-refractivity contribution >= 4 is 29.1 Å². The van der Waals surface area contributed by atoms with Crippen molar-refractivity contribution in [3.8, 4) is 0 Å². The molecule has 0 radical (unpaired) electrons. The van der Waals surface area contributed by atoms with Crippen LogP contribution in [0.3, 0.4) is 0 Å². The molecule has 0 spiro atoms. The predicted octanol–water partition coefficient (Wildman–Crippen LogP) is 3.54. The molecule has 1 aliphatic heterocycles. The maximum Gasteiger partial charge on any atom is 0.261 e. The molecule has 8 heteroatoms. The number of carbonyl (C=O) groups excluding carboxylic acids is 3. The minimum atomic E-state index is -0.857. The van der Waals surface area contributed by atoms with E-state index in [0.717, 1.165) is 18.4 Å². The number of amides is 3. The van der Waals surface area contributed by atoms with Crippen molar-refractivity contribution in [2.75, 3.05) is 19.7 Å². The molecule has 35 heavy (non-hydrogen) atoms. The largest absolute Gasteiger partial charge is 0.376 e. The van der Waals surface area contributed by atoms with E-state index in [2.05, 4.69) is 10.6 Å². The molecular formula is C27H29N3O4S. The number of rotatable bonds is 10. The number of ether oxygens (including phenoxy) is 1. The Balaban J connectivity index is 1.57. The average molecular weight is 492 g/mol. The Hall–Kier alpha value is -3.49. The van der Waals surface area contributed by atoms with Gasteiger partial charge in [-0.2, -0.15) is 0 Å². The fourth-order valence-corrected chi connectivity index (χ4v) is 4.72. The lowest BCUT2D eigenvalue weighted by Gasteiger charge is -2.32. The first-order chi connectivity index (χ1) is 17.1. The molecule has 7 nitrogen and oxygen atoms in total. The Labute approximate surface area is 209 Å². The van der Waals surface area contributed by atoms with Crippen LogP contribution in [0.4, 0.5) is 0 Å². The number of nitrogens with zero attached hydrogens (tertiary/aromatic N) is 1. The van der Waals surface area contributed by atoms with E-state index in [0.29, 0.717) is 23.6 Å². The SMILES string of the molecule is O=C(NCC(=O)N(Cc1ccccc1)[C@@H](C(=O)NC[C@H]1CCCO1)c1ccccc1)c1cccs1. The zero-order chi connectivity index (χ0) is 24.5. The summed E-state index contributed by atoms with van der Waals surface area (Å²) < 4.78 is 5.65. The zero-order valence-electron chi connectivity index (χ0n) is 19.4. The third-order valence-corrected chi connectivity index (χ3v) is 6.73. The van der Waals surface area contributed by atoms with Gasteiger partial charge < -0.3 is 20.3 Å². The first-order valence-corrected chi connectivity index (χ1v) is 12.6. The molecule has 2 atom stereocenters. The van der Waals surface area contributed by atoms with Crippen LogP contribution in [0.25, 0.3) is 0 Å². The van der Waals surface area contributed by atoms with Crippen LogP contribution in [0.1, 0.15) is 39.7 Å². The van der Waals surface area contributed by atoms with Gasteiger partial charge in [0.25, 0.3) is 5.91 Å². The fourth-order valence-electron chi connectivity index (χ4n) is 4.08. The summed E-state index contributed by atoms with van der Waals surface area (Å²) in [5, 5.41) is 7.50. The van der Waals surface area contributed by atoms with Crippen molar-refractivity contribution in [1.82, 2.24) is 15.5 Å². The van der Waals surface area contributed by atoms with Gasteiger partial charge in [0.2, 0.25) is 11.8 Å². The third kappa shape index (κ3) is 6.77. The minimum absolute atomic E-state index is 0.0151. The first kappa shape index (κ1) is 24.6. The van der Waals surface area contributed by atoms with Crippen molar-refractivity contribution < 1.29 is 19.1 Å². The van der Waals surface area contributed by atoms with E-state index in [4.69, 9.17) is 4.74 Å². The number of carbonyl (C=O) groups is 3. The van der Waals surface area contributed by atoms with Gasteiger partial charge in [-0.1, -0.05) is 66.7 Å². The summed E-state index contributed by atoms with van der Waals surface area (Å²) in [6.45, 7) is 1.10. The van der Waals surface area contributed by atoms with Crippen LogP contribution in [0.15, 0.2) is 78.2 Å². The molecule has 1 fully saturated rings. The standard InChI is InChI=1S/C27H29N3O4S/c31-24(18-29-26(32)23-14-8-16-35-23)30(19-20-9-3-1-4-10-20)25(21-11-5-2-6-12-21)27(33)28-17-22-13-7-15-34-22/h1-6,8-12,14,16,22,25H,7,13,15,17-19H2,(H,28,33)(H,29,32)/t22-,25-/m1/s1. The Kier molecular flexibility index (Phi) is 8.64. The zero-order valence-corrected chi connectivity index (χ0v) is 20.2. The molecule has 2 N–H and O–H groups in total. The lowest BCUT2D eigenvalue weighted by Crippen LogP contribution is -2.47. The molecule has 1 aliphatic rings. The molecule has 0 saturated carbocycles. The molecule has 4 rings (SSSR count). The molecule has 0 bridgehead atoms. The van der Waals surface area contributed by atoms with Crippen LogP contribution in [0.5, 0.6) is 0 Å². The van der Waals surface area contributed by atoms with E-state index < -0.39 is 6.04 Å². The molecule has 1 aromatic heterocycles. The molecule has 3 aromatic rings. The summed E-state index contributed by atoms with van der Waals surface area (Å²) in [4.78, 5) is 41.5. The number of benzene rings is 2. The second-order valence-electron chi connectivity index (χ2n) is 8.36. The molecule has 0 aliphatic carbocycles. The lowest BCUT2D eigenvalue weighted by molar-refractivity contribution is -0.141. The average Bonchev–Trinajstić information content (AvgIpc) is 3.62. The Morgan fingerprint density at radius 2 is 1.71 bits per heavy atom. The van der Waals surface area contributed by atoms with Crippen molar-refractivity contribution in [3.63, 3.8) is 0 Å². The van der Waals surface area contributed by atoms with Crippen LogP contribution in [0.2, 0.25) is 0 Å². The van der Waals surface area contributed by atoms with Crippen LogP contribution < -0.4 is 10.6 Å². The maximum absolute atomic E-state index is 13.5. The summed E-state index contributed by atoms with van der Waals surface area (Å²) in [5.41, 5.74) is 1.59. The Bertz CT molecular complexity index is 1100. The maximum atomic E-state index is 13.5. The number of hydrogen-bond donors (Lipinski definition) is 2. The van der Waals surface area contributed by atoms with E-state index >= 15 is 0 Å². The highest BCUT2D eigenvalue weighted by Crippen LogP contribution is 2.24. The highest BCUT2D eigenvalue weighted by atomic mass is 32.1. The Morgan fingerprint density at radius 1 is 0.971 bits per heavy atom. The molecule has 0 unspecified atom stereocenters. The van der Waals surface area contributed by atoms with E-state index in [1.807, 2.05) is 66.0 Å². The summed E-state index contributed by atoms with van der Waals surface area (Å²) in [6, 6.07) is 21.4. The predicted molar refractivity (Wildman–Crippen MR) is 135 cm³/mol. The molecule has 1 saturated heterocycles. The molecule has 2 heterocycles. The molecule has 2 aromatic carbocycles. The van der Waals surface area contributed by atoms with Gasteiger partial charge in [0.15, 0.2) is 0 Å². The van der Waals surface area contributed by atoms with Crippen LogP contribution in [-0.2, 0) is 20.9 Å². The van der Waals surface area contributed by atoms with Gasteiger partial charge in [-0.15, -0.1) is 11.3 Å². The summed E-state index contributed by atoms with van der Waals surface area (Å²) in [5.74, 6) is -0.937. The molecule has 3 amide bonds. The summed E-state index contributed by atoms with van der Waals surface area (Å²) >= 11 is 1.31. The number of hydrogen-bond acceptors (Lipinski definition) is 5. The number of nitrogens with one attached hydrogen (secondary N) is 2. The van der Waals surface area contributed by atoms with Gasteiger partial charge in [0, 0.05) is 19.7 Å². The molecular weight excluding hydrogens is 462 g/mol. The van der Waals surface area contributed by atoms with E-state index in [9.17, 15) is 14.4 Å². The van der Waals surface area contributed by atoms with Crippen LogP contribution >= 0.6 is 11.3 Å².